The van der Waals surface area contributed by atoms with Gasteiger partial charge in [0.15, 0.2) is 0 Å². The molecule has 3 heteroatoms. The first-order valence-corrected chi connectivity index (χ1v) is 6.77. The van der Waals surface area contributed by atoms with Gasteiger partial charge in [0, 0.05) is 18.7 Å². The number of nitrogens with two attached hydrogens (primary N) is 1. The summed E-state index contributed by atoms with van der Waals surface area (Å²) < 4.78 is 0. The van der Waals surface area contributed by atoms with E-state index in [1.165, 1.54) is 32.1 Å². The van der Waals surface area contributed by atoms with E-state index in [-0.39, 0.29) is 0 Å². The predicted octanol–water partition coefficient (Wildman–Crippen LogP) is 2.93. The Morgan fingerprint density at radius 3 is 2.94 bits per heavy atom. The Labute approximate surface area is 104 Å². The molecular formula is C14H23N3. The predicted molar refractivity (Wildman–Crippen MR) is 69.7 cm³/mol. The fourth-order valence-electron chi connectivity index (χ4n) is 2.79. The van der Waals surface area contributed by atoms with Crippen LogP contribution in [0.15, 0.2) is 6.20 Å². The molecule has 1 fully saturated rings. The molecule has 0 aromatic carbocycles. The van der Waals surface area contributed by atoms with E-state index in [1.807, 2.05) is 13.1 Å². The molecule has 2 rings (SSSR count). The number of nitrogens with zero attached hydrogens (tertiary/aromatic N) is 2. The van der Waals surface area contributed by atoms with Crippen LogP contribution in [-0.2, 0) is 6.54 Å². The number of hydrogen-bond acceptors (Lipinski definition) is 3. The summed E-state index contributed by atoms with van der Waals surface area (Å²) in [6.07, 6.45) is 8.40. The molecule has 0 bridgehead atoms. The van der Waals surface area contributed by atoms with Gasteiger partial charge in [0.2, 0.25) is 0 Å². The molecule has 94 valence electrons. The lowest BCUT2D eigenvalue weighted by Crippen LogP contribution is -2.17. The fourth-order valence-corrected chi connectivity index (χ4v) is 2.79. The molecule has 2 N–H and O–H groups in total. The summed E-state index contributed by atoms with van der Waals surface area (Å²) in [4.78, 5) is 9.16. The molecule has 0 aliphatic heterocycles. The Morgan fingerprint density at radius 1 is 1.41 bits per heavy atom. The van der Waals surface area contributed by atoms with E-state index in [9.17, 15) is 0 Å². The summed E-state index contributed by atoms with van der Waals surface area (Å²) in [7, 11) is 0. The highest BCUT2D eigenvalue weighted by Gasteiger charge is 2.24. The molecule has 3 nitrogen and oxygen atoms in total. The monoisotopic (exact) mass is 233 g/mol. The maximum atomic E-state index is 5.71. The molecule has 0 saturated heterocycles. The first-order valence-electron chi connectivity index (χ1n) is 6.77. The van der Waals surface area contributed by atoms with Gasteiger partial charge in [-0.25, -0.2) is 9.97 Å². The lowest BCUT2D eigenvalue weighted by molar-refractivity contribution is 0.306. The molecule has 1 aliphatic rings. The van der Waals surface area contributed by atoms with Crippen molar-refractivity contribution in [3.05, 3.63) is 23.3 Å². The van der Waals surface area contributed by atoms with Crippen molar-refractivity contribution in [1.29, 1.82) is 0 Å². The first kappa shape index (κ1) is 12.5. The highest BCUT2D eigenvalue weighted by molar-refractivity contribution is 5.16. The summed E-state index contributed by atoms with van der Waals surface area (Å²) in [5, 5.41) is 0. The van der Waals surface area contributed by atoms with Crippen molar-refractivity contribution < 1.29 is 0 Å². The van der Waals surface area contributed by atoms with E-state index in [2.05, 4.69) is 16.9 Å². The van der Waals surface area contributed by atoms with Crippen LogP contribution in [0.3, 0.4) is 0 Å². The second-order valence-electron chi connectivity index (χ2n) is 5.20. The molecule has 1 heterocycles. The highest BCUT2D eigenvalue weighted by Crippen LogP contribution is 2.36. The van der Waals surface area contributed by atoms with E-state index in [0.29, 0.717) is 12.5 Å². The van der Waals surface area contributed by atoms with Gasteiger partial charge in [-0.3, -0.25) is 0 Å². The quantitative estimate of drug-likeness (QED) is 0.873. The van der Waals surface area contributed by atoms with Crippen LogP contribution in [-0.4, -0.2) is 9.97 Å². The van der Waals surface area contributed by atoms with E-state index in [4.69, 9.17) is 5.73 Å². The number of aromatic nitrogens is 2. The van der Waals surface area contributed by atoms with Gasteiger partial charge in [-0.05, 0) is 31.2 Å². The van der Waals surface area contributed by atoms with Crippen LogP contribution in [0.4, 0.5) is 0 Å². The van der Waals surface area contributed by atoms with Gasteiger partial charge in [0.05, 0.1) is 5.69 Å². The SMILES string of the molecule is CCC1CCCC(c2ncc(C)c(CN)n2)C1. The minimum absolute atomic E-state index is 0.519. The molecule has 17 heavy (non-hydrogen) atoms. The standard InChI is InChI=1S/C14H23N3/c1-3-11-5-4-6-12(7-11)14-16-9-10(2)13(8-15)17-14/h9,11-12H,3-8,15H2,1-2H3. The third-order valence-corrected chi connectivity index (χ3v) is 4.01. The first-order chi connectivity index (χ1) is 8.24. The normalized spacial score (nSPS) is 24.9. The Balaban J connectivity index is 2.16. The molecule has 2 unspecified atom stereocenters. The smallest absolute Gasteiger partial charge is 0.131 e. The molecule has 2 atom stereocenters. The van der Waals surface area contributed by atoms with Crippen molar-refractivity contribution >= 4 is 0 Å². The average Bonchev–Trinajstić information content (AvgIpc) is 2.39. The van der Waals surface area contributed by atoms with Crippen molar-refractivity contribution in [2.75, 3.05) is 0 Å². The summed E-state index contributed by atoms with van der Waals surface area (Å²) in [6.45, 7) is 4.83. The minimum Gasteiger partial charge on any atom is -0.325 e. The fraction of sp³-hybridized carbons (Fsp3) is 0.714. The van der Waals surface area contributed by atoms with Gasteiger partial charge in [-0.2, -0.15) is 0 Å². The van der Waals surface area contributed by atoms with Gasteiger partial charge in [0.25, 0.3) is 0 Å². The second-order valence-corrected chi connectivity index (χ2v) is 5.20. The van der Waals surface area contributed by atoms with Gasteiger partial charge >= 0.3 is 0 Å². The van der Waals surface area contributed by atoms with Crippen molar-refractivity contribution in [3.63, 3.8) is 0 Å². The molecule has 1 aromatic rings. The van der Waals surface area contributed by atoms with Gasteiger partial charge in [-0.15, -0.1) is 0 Å². The summed E-state index contributed by atoms with van der Waals surface area (Å²) in [5.41, 5.74) is 7.83. The summed E-state index contributed by atoms with van der Waals surface area (Å²) in [5.74, 6) is 2.44. The second kappa shape index (κ2) is 5.58. The molecule has 0 amide bonds. The Hall–Kier alpha value is -0.960. The maximum Gasteiger partial charge on any atom is 0.131 e. The van der Waals surface area contributed by atoms with Crippen LogP contribution in [0.5, 0.6) is 0 Å². The van der Waals surface area contributed by atoms with Crippen LogP contribution < -0.4 is 5.73 Å². The lowest BCUT2D eigenvalue weighted by atomic mass is 9.80. The third-order valence-electron chi connectivity index (χ3n) is 4.01. The van der Waals surface area contributed by atoms with E-state index >= 15 is 0 Å². The van der Waals surface area contributed by atoms with E-state index in [0.717, 1.165) is 23.0 Å². The average molecular weight is 233 g/mol. The molecule has 1 aromatic heterocycles. The maximum absolute atomic E-state index is 5.71. The Kier molecular flexibility index (Phi) is 4.11. The Bertz CT molecular complexity index is 376. The van der Waals surface area contributed by atoms with Gasteiger partial charge in [-0.1, -0.05) is 26.2 Å². The zero-order chi connectivity index (χ0) is 12.3. The van der Waals surface area contributed by atoms with Crippen LogP contribution >= 0.6 is 0 Å². The van der Waals surface area contributed by atoms with Crippen molar-refractivity contribution in [3.8, 4) is 0 Å². The van der Waals surface area contributed by atoms with Crippen LogP contribution in [0.2, 0.25) is 0 Å². The van der Waals surface area contributed by atoms with Crippen LogP contribution in [0.1, 0.15) is 62.0 Å². The zero-order valence-electron chi connectivity index (χ0n) is 10.9. The Morgan fingerprint density at radius 2 is 2.24 bits per heavy atom. The largest absolute Gasteiger partial charge is 0.325 e. The van der Waals surface area contributed by atoms with E-state index < -0.39 is 0 Å². The number of aryl methyl sites for hydroxylation is 1. The van der Waals surface area contributed by atoms with E-state index in [1.54, 1.807) is 0 Å². The van der Waals surface area contributed by atoms with Gasteiger partial charge in [0.1, 0.15) is 5.82 Å². The molecule has 0 radical (unpaired) electrons. The molecule has 1 aliphatic carbocycles. The van der Waals surface area contributed by atoms with Gasteiger partial charge < -0.3 is 5.73 Å². The topological polar surface area (TPSA) is 51.8 Å². The van der Waals surface area contributed by atoms with Crippen molar-refractivity contribution in [2.45, 2.75) is 58.4 Å². The van der Waals surface area contributed by atoms with Crippen molar-refractivity contribution in [2.24, 2.45) is 11.7 Å². The highest BCUT2D eigenvalue weighted by atomic mass is 14.9. The minimum atomic E-state index is 0.519. The molecule has 0 spiro atoms. The number of hydrogen-bond donors (Lipinski definition) is 1. The zero-order valence-corrected chi connectivity index (χ0v) is 10.9. The third kappa shape index (κ3) is 2.83. The van der Waals surface area contributed by atoms with Crippen molar-refractivity contribution in [1.82, 2.24) is 9.97 Å². The molecule has 1 saturated carbocycles. The molecular weight excluding hydrogens is 210 g/mol. The summed E-state index contributed by atoms with van der Waals surface area (Å²) in [6, 6.07) is 0. The van der Waals surface area contributed by atoms with Crippen LogP contribution in [0.25, 0.3) is 0 Å². The lowest BCUT2D eigenvalue weighted by Gasteiger charge is -2.27. The summed E-state index contributed by atoms with van der Waals surface area (Å²) >= 11 is 0. The number of rotatable bonds is 3. The van der Waals surface area contributed by atoms with Crippen LogP contribution in [0, 0.1) is 12.8 Å².